The molecule has 0 saturated carbocycles. The van der Waals surface area contributed by atoms with Crippen molar-refractivity contribution in [3.05, 3.63) is 91.0 Å². The van der Waals surface area contributed by atoms with E-state index in [1.54, 1.807) is 11.5 Å². The first kappa shape index (κ1) is 35.7. The van der Waals surface area contributed by atoms with Crippen LogP contribution in [0.2, 0.25) is 5.15 Å². The van der Waals surface area contributed by atoms with E-state index in [1.807, 2.05) is 48.5 Å². The van der Waals surface area contributed by atoms with Gasteiger partial charge in [0.2, 0.25) is 12.1 Å². The first-order chi connectivity index (χ1) is 23.2. The number of esters is 1. The molecule has 1 unspecified atom stereocenters. The number of imidazole rings is 1. The summed E-state index contributed by atoms with van der Waals surface area (Å²) in [7, 11) is 0. The van der Waals surface area contributed by atoms with Gasteiger partial charge in [-0.25, -0.2) is 9.78 Å². The Morgan fingerprint density at radius 1 is 1.04 bits per heavy atom. The lowest BCUT2D eigenvalue weighted by Crippen LogP contribution is -2.25. The minimum atomic E-state index is -1.10. The predicted molar refractivity (Wildman–Crippen MR) is 169 cm³/mol. The normalized spacial score (nSPS) is 12.3. The van der Waals surface area contributed by atoms with Crippen LogP contribution in [0.15, 0.2) is 48.5 Å². The number of nitrogens with zero attached hydrogens (tertiary/aromatic N) is 7. The third kappa shape index (κ3) is 10.2. The van der Waals surface area contributed by atoms with Gasteiger partial charge in [0.05, 0.1) is 6.61 Å². The van der Waals surface area contributed by atoms with Crippen LogP contribution < -0.4 is 0 Å². The Morgan fingerprint density at radius 3 is 2.46 bits per heavy atom. The van der Waals surface area contributed by atoms with Gasteiger partial charge in [0.1, 0.15) is 18.5 Å². The zero-order chi connectivity index (χ0) is 34.5. The van der Waals surface area contributed by atoms with Gasteiger partial charge in [0, 0.05) is 18.5 Å². The highest BCUT2D eigenvalue weighted by atomic mass is 35.5. The summed E-state index contributed by atoms with van der Waals surface area (Å²) in [6.45, 7) is 3.51. The molecule has 2 heterocycles. The van der Waals surface area contributed by atoms with E-state index >= 15 is 0 Å². The van der Waals surface area contributed by atoms with Gasteiger partial charge in [-0.2, -0.15) is 5.21 Å². The van der Waals surface area contributed by atoms with Crippen LogP contribution in [-0.2, 0) is 32.1 Å². The molecule has 2 aromatic heterocycles. The molecular formula is C30H35ClN8O9. The largest absolute Gasteiger partial charge is 0.431 e. The summed E-state index contributed by atoms with van der Waals surface area (Å²) < 4.78 is 12.9. The molecule has 0 spiro atoms. The van der Waals surface area contributed by atoms with Gasteiger partial charge in [0.25, 0.3) is 10.2 Å². The predicted octanol–water partition coefficient (Wildman–Crippen LogP) is 5.25. The third-order valence-corrected chi connectivity index (χ3v) is 7.48. The topological polar surface area (TPSA) is 213 Å². The van der Waals surface area contributed by atoms with E-state index in [2.05, 4.69) is 42.2 Å². The fourth-order valence-electron chi connectivity index (χ4n) is 4.93. The number of aryl methyl sites for hydroxylation is 1. The second-order valence-corrected chi connectivity index (χ2v) is 11.0. The summed E-state index contributed by atoms with van der Waals surface area (Å²) in [6.07, 6.45) is 1.23. The van der Waals surface area contributed by atoms with Crippen LogP contribution in [0.5, 0.6) is 0 Å². The number of benzene rings is 2. The van der Waals surface area contributed by atoms with Gasteiger partial charge >= 0.3 is 5.97 Å². The quantitative estimate of drug-likeness (QED) is 0.0414. The van der Waals surface area contributed by atoms with E-state index in [1.165, 1.54) is 0 Å². The van der Waals surface area contributed by atoms with Crippen molar-refractivity contribution in [1.82, 2.24) is 30.2 Å². The SMILES string of the molecule is CCCCc1nc(Cl)c(C(=O)OC(C)OCCCC[C@@H](CO[N+](=O)[O-])O[N+](=O)[O-])n1Cc1ccc(-c2ccccc2-c2nn[nH]n2)cc1. The lowest BCUT2D eigenvalue weighted by atomic mass is 9.98. The van der Waals surface area contributed by atoms with E-state index in [4.69, 9.17) is 21.1 Å². The van der Waals surface area contributed by atoms with Crippen LogP contribution in [0.4, 0.5) is 0 Å². The van der Waals surface area contributed by atoms with Crippen LogP contribution >= 0.6 is 11.6 Å². The molecule has 2 aromatic carbocycles. The monoisotopic (exact) mass is 686 g/mol. The van der Waals surface area contributed by atoms with Crippen molar-refractivity contribution in [2.75, 3.05) is 13.2 Å². The number of H-pyrrole nitrogens is 1. The first-order valence-electron chi connectivity index (χ1n) is 15.2. The van der Waals surface area contributed by atoms with Gasteiger partial charge in [-0.1, -0.05) is 73.5 Å². The number of halogens is 1. The van der Waals surface area contributed by atoms with Gasteiger partial charge in [-0.3, -0.25) is 0 Å². The van der Waals surface area contributed by atoms with Crippen molar-refractivity contribution in [2.45, 2.75) is 71.3 Å². The number of hydrogen-bond donors (Lipinski definition) is 1. The van der Waals surface area contributed by atoms with E-state index in [-0.39, 0.29) is 23.9 Å². The van der Waals surface area contributed by atoms with Crippen LogP contribution in [-0.4, -0.2) is 71.9 Å². The minimum absolute atomic E-state index is 0.0257. The molecule has 0 aliphatic heterocycles. The maximum Gasteiger partial charge on any atom is 0.360 e. The van der Waals surface area contributed by atoms with E-state index < -0.39 is 35.1 Å². The summed E-state index contributed by atoms with van der Waals surface area (Å²) in [5.74, 6) is 0.437. The lowest BCUT2D eigenvalue weighted by molar-refractivity contribution is -0.790. The molecule has 0 radical (unpaired) electrons. The number of nitrogens with one attached hydrogen (secondary N) is 1. The maximum absolute atomic E-state index is 13.4. The van der Waals surface area contributed by atoms with E-state index in [0.717, 1.165) is 35.1 Å². The molecule has 17 nitrogen and oxygen atoms in total. The van der Waals surface area contributed by atoms with Crippen molar-refractivity contribution in [3.8, 4) is 22.5 Å². The maximum atomic E-state index is 13.4. The summed E-state index contributed by atoms with van der Waals surface area (Å²) in [4.78, 5) is 47.5. The summed E-state index contributed by atoms with van der Waals surface area (Å²) in [5.41, 5.74) is 3.73. The molecule has 18 heteroatoms. The molecule has 0 amide bonds. The number of hydrogen-bond acceptors (Lipinski definition) is 13. The van der Waals surface area contributed by atoms with Crippen molar-refractivity contribution >= 4 is 17.6 Å². The average Bonchev–Trinajstić information content (AvgIpc) is 3.70. The third-order valence-electron chi connectivity index (χ3n) is 7.22. The van der Waals surface area contributed by atoms with Gasteiger partial charge < -0.3 is 23.7 Å². The molecular weight excluding hydrogens is 652 g/mol. The zero-order valence-electron chi connectivity index (χ0n) is 26.3. The summed E-state index contributed by atoms with van der Waals surface area (Å²) in [5, 5.41) is 33.4. The summed E-state index contributed by atoms with van der Waals surface area (Å²) in [6, 6.07) is 15.6. The number of aromatic amines is 1. The number of carbonyl (C=O) groups is 1. The highest BCUT2D eigenvalue weighted by Crippen LogP contribution is 2.30. The smallest absolute Gasteiger partial charge is 0.360 e. The molecule has 1 N–H and O–H groups in total. The lowest BCUT2D eigenvalue weighted by Gasteiger charge is -2.17. The molecule has 0 aliphatic rings. The molecule has 0 aliphatic carbocycles. The van der Waals surface area contributed by atoms with Crippen LogP contribution in [0, 0.1) is 20.2 Å². The number of aromatic nitrogens is 6. The second-order valence-electron chi connectivity index (χ2n) is 10.6. The van der Waals surface area contributed by atoms with Crippen LogP contribution in [0.25, 0.3) is 22.5 Å². The van der Waals surface area contributed by atoms with Crippen LogP contribution in [0.1, 0.15) is 67.8 Å². The van der Waals surface area contributed by atoms with Crippen molar-refractivity contribution in [1.29, 1.82) is 0 Å². The molecule has 0 saturated heterocycles. The molecule has 256 valence electrons. The number of carbonyl (C=O) groups excluding carboxylic acids is 1. The Hall–Kier alpha value is -5.16. The number of rotatable bonds is 20. The number of unbranched alkanes of at least 4 members (excludes halogenated alkanes) is 2. The summed E-state index contributed by atoms with van der Waals surface area (Å²) >= 11 is 6.50. The van der Waals surface area contributed by atoms with Crippen molar-refractivity contribution in [2.24, 2.45) is 0 Å². The first-order valence-corrected chi connectivity index (χ1v) is 15.6. The molecule has 4 rings (SSSR count). The Kier molecular flexibility index (Phi) is 13.1. The Balaban J connectivity index is 1.39. The fourth-order valence-corrected chi connectivity index (χ4v) is 5.21. The molecule has 0 fully saturated rings. The van der Waals surface area contributed by atoms with Gasteiger partial charge in [0.15, 0.2) is 10.8 Å². The molecule has 48 heavy (non-hydrogen) atoms. The highest BCUT2D eigenvalue weighted by molar-refractivity contribution is 6.32. The standard InChI is InChI=1S/C30H35ClN8O9/c1-3-4-12-26-32-28(31)27(30(40)47-20(2)45-17-8-7-9-23(48-39(43)44)19-46-38(41)42)37(26)18-21-13-15-22(16-14-21)24-10-5-6-11-25(24)29-33-35-36-34-29/h5-6,10-11,13-16,20,23H,3-4,7-9,12,17-19H2,1-2H3,(H,33,34,35,36)/t20?,23-/m0/s1. The number of ether oxygens (including phenoxy) is 2. The minimum Gasteiger partial charge on any atom is -0.431 e. The van der Waals surface area contributed by atoms with E-state index in [0.29, 0.717) is 37.5 Å². The molecule has 4 aromatic rings. The Morgan fingerprint density at radius 2 is 1.79 bits per heavy atom. The Bertz CT molecular complexity index is 1650. The van der Waals surface area contributed by atoms with Gasteiger partial charge in [-0.05, 0) is 54.5 Å². The van der Waals surface area contributed by atoms with Crippen molar-refractivity contribution in [3.63, 3.8) is 0 Å². The van der Waals surface area contributed by atoms with Crippen LogP contribution in [0.3, 0.4) is 0 Å². The van der Waals surface area contributed by atoms with Crippen molar-refractivity contribution < 1.29 is 34.1 Å². The number of tetrazole rings is 1. The second kappa shape index (κ2) is 17.7. The van der Waals surface area contributed by atoms with Gasteiger partial charge in [-0.15, -0.1) is 30.4 Å². The highest BCUT2D eigenvalue weighted by Gasteiger charge is 2.25. The molecule has 2 atom stereocenters. The average molecular weight is 687 g/mol. The van der Waals surface area contributed by atoms with E-state index in [9.17, 15) is 25.0 Å². The zero-order valence-corrected chi connectivity index (χ0v) is 27.1. The Labute approximate surface area is 279 Å². The fraction of sp³-hybridized carbons (Fsp3) is 0.433. The molecule has 0 bridgehead atoms.